The predicted octanol–water partition coefficient (Wildman–Crippen LogP) is 3.24. The van der Waals surface area contributed by atoms with E-state index in [2.05, 4.69) is 25.6 Å². The van der Waals surface area contributed by atoms with Crippen LogP contribution in [0, 0.1) is 6.92 Å². The topological polar surface area (TPSA) is 126 Å². The Morgan fingerprint density at radius 1 is 1.03 bits per heavy atom. The van der Waals surface area contributed by atoms with E-state index >= 15 is 0 Å². The number of anilines is 2. The van der Waals surface area contributed by atoms with E-state index in [9.17, 15) is 13.2 Å². The Bertz CT molecular complexity index is 1350. The quantitative estimate of drug-likeness (QED) is 0.457. The minimum absolute atomic E-state index is 0.0305. The van der Waals surface area contributed by atoms with Gasteiger partial charge in [0.15, 0.2) is 5.03 Å². The number of aryl methyl sites for hydroxylation is 1. The molecule has 0 atom stereocenters. The molecule has 0 aliphatic heterocycles. The van der Waals surface area contributed by atoms with Gasteiger partial charge in [-0.25, -0.2) is 18.4 Å². The number of nitrogens with zero attached hydrogens (tertiary/aromatic N) is 4. The summed E-state index contributed by atoms with van der Waals surface area (Å²) in [5.74, 6) is 1.53. The van der Waals surface area contributed by atoms with Gasteiger partial charge in [-0.2, -0.15) is 4.98 Å². The molecule has 0 bridgehead atoms. The highest BCUT2D eigenvalue weighted by atomic mass is 32.2. The number of amides is 1. The molecule has 0 spiro atoms. The molecule has 2 N–H and O–H groups in total. The summed E-state index contributed by atoms with van der Waals surface area (Å²) in [4.78, 5) is 28.3. The first-order valence-electron chi connectivity index (χ1n) is 12.1. The van der Waals surface area contributed by atoms with E-state index in [-0.39, 0.29) is 27.6 Å². The lowest BCUT2D eigenvalue weighted by Crippen LogP contribution is -2.40. The Morgan fingerprint density at radius 2 is 1.70 bits per heavy atom. The predicted molar refractivity (Wildman–Crippen MR) is 141 cm³/mol. The molecule has 3 aromatic rings. The number of carbonyl (C=O) groups is 1. The Labute approximate surface area is 217 Å². The van der Waals surface area contributed by atoms with Crippen LogP contribution in [-0.2, 0) is 9.84 Å². The minimum atomic E-state index is -3.99. The molecule has 10 nitrogen and oxygen atoms in total. The van der Waals surface area contributed by atoms with Gasteiger partial charge in [-0.15, -0.1) is 0 Å². The third-order valence-electron chi connectivity index (χ3n) is 6.33. The Morgan fingerprint density at radius 3 is 2.35 bits per heavy atom. The molecular formula is C26H32N6O4S. The number of sulfone groups is 1. The van der Waals surface area contributed by atoms with Crippen LogP contribution in [0.3, 0.4) is 0 Å². The zero-order valence-electron chi connectivity index (χ0n) is 21.4. The second-order valence-electron chi connectivity index (χ2n) is 9.29. The molecule has 1 aliphatic rings. The number of aromatic nitrogens is 3. The second kappa shape index (κ2) is 11.1. The van der Waals surface area contributed by atoms with E-state index in [1.165, 1.54) is 31.5 Å². The van der Waals surface area contributed by atoms with Crippen LogP contribution < -0.4 is 20.3 Å². The third-order valence-corrected chi connectivity index (χ3v) is 8.06. The van der Waals surface area contributed by atoms with Crippen molar-refractivity contribution in [3.8, 4) is 5.75 Å². The van der Waals surface area contributed by atoms with Gasteiger partial charge in [-0.1, -0.05) is 0 Å². The van der Waals surface area contributed by atoms with Gasteiger partial charge in [0.05, 0.1) is 17.6 Å². The van der Waals surface area contributed by atoms with Crippen LogP contribution in [0.1, 0.15) is 41.7 Å². The summed E-state index contributed by atoms with van der Waals surface area (Å²) in [6, 6.07) is 11.1. The number of carbonyl (C=O) groups excluding carboxylic acids is 1. The average molecular weight is 525 g/mol. The fraction of sp³-hybridized carbons (Fsp3) is 0.385. The van der Waals surface area contributed by atoms with Crippen LogP contribution in [0.4, 0.5) is 11.8 Å². The fourth-order valence-electron chi connectivity index (χ4n) is 4.32. The zero-order chi connectivity index (χ0) is 26.6. The van der Waals surface area contributed by atoms with E-state index in [0.717, 1.165) is 37.2 Å². The van der Waals surface area contributed by atoms with Gasteiger partial charge in [0.2, 0.25) is 15.8 Å². The number of hydrogen-bond acceptors (Lipinski definition) is 9. The van der Waals surface area contributed by atoms with Gasteiger partial charge in [0.1, 0.15) is 11.6 Å². The Hall–Kier alpha value is -3.73. The normalized spacial score (nSPS) is 17.6. The van der Waals surface area contributed by atoms with Gasteiger partial charge in [0.25, 0.3) is 5.91 Å². The maximum absolute atomic E-state index is 13.3. The smallest absolute Gasteiger partial charge is 0.254 e. The highest BCUT2D eigenvalue weighted by Gasteiger charge is 2.29. The number of nitrogens with one attached hydrogen (secondary N) is 2. The summed E-state index contributed by atoms with van der Waals surface area (Å²) in [6.07, 6.45) is 4.51. The number of rotatable bonds is 8. The van der Waals surface area contributed by atoms with Crippen molar-refractivity contribution in [2.45, 2.75) is 54.6 Å². The lowest BCUT2D eigenvalue weighted by Gasteiger charge is -2.30. The summed E-state index contributed by atoms with van der Waals surface area (Å²) < 4.78 is 31.6. The third kappa shape index (κ3) is 6.16. The van der Waals surface area contributed by atoms with E-state index in [0.29, 0.717) is 11.7 Å². The van der Waals surface area contributed by atoms with E-state index in [1.54, 1.807) is 18.2 Å². The van der Waals surface area contributed by atoms with Gasteiger partial charge in [-0.05, 0) is 69.0 Å². The molecule has 1 amide bonds. The summed E-state index contributed by atoms with van der Waals surface area (Å²) in [6.45, 7) is 1.94. The molecule has 4 rings (SSSR count). The summed E-state index contributed by atoms with van der Waals surface area (Å²) >= 11 is 0. The molecule has 1 aliphatic carbocycles. The van der Waals surface area contributed by atoms with Crippen molar-refractivity contribution < 1.29 is 17.9 Å². The first kappa shape index (κ1) is 26.3. The van der Waals surface area contributed by atoms with Crippen LogP contribution >= 0.6 is 0 Å². The highest BCUT2D eigenvalue weighted by molar-refractivity contribution is 7.91. The molecule has 11 heteroatoms. The van der Waals surface area contributed by atoms with Crippen molar-refractivity contribution in [1.29, 1.82) is 0 Å². The standard InChI is InChI=1S/C26H32N6O4S/c1-17-16-23(32(2)3)31-26(28-17)30-19-9-7-18(8-10-19)29-24(33)22-6-5-15-27-25(22)37(34,35)21-13-11-20(36-4)12-14-21/h5-6,11-16,18-19H,7-10H2,1-4H3,(H,29,33)(H,28,30,31)/t18-,19+. The van der Waals surface area contributed by atoms with Crippen molar-refractivity contribution >= 4 is 27.5 Å². The molecule has 1 saturated carbocycles. The SMILES string of the molecule is COc1ccc(S(=O)(=O)c2ncccc2C(=O)N[C@H]2CC[C@@H](Nc3nc(C)cc(N(C)C)n3)CC2)cc1. The number of methoxy groups -OCH3 is 1. The van der Waals surface area contributed by atoms with Crippen molar-refractivity contribution in [1.82, 2.24) is 20.3 Å². The molecule has 37 heavy (non-hydrogen) atoms. The Kier molecular flexibility index (Phi) is 7.91. The van der Waals surface area contributed by atoms with Crippen molar-refractivity contribution in [2.75, 3.05) is 31.4 Å². The van der Waals surface area contributed by atoms with Gasteiger partial charge in [0, 0.05) is 44.1 Å². The lowest BCUT2D eigenvalue weighted by molar-refractivity contribution is 0.0922. The monoisotopic (exact) mass is 524 g/mol. The molecular weight excluding hydrogens is 492 g/mol. The summed E-state index contributed by atoms with van der Waals surface area (Å²) in [5.41, 5.74) is 0.918. The van der Waals surface area contributed by atoms with E-state index < -0.39 is 15.7 Å². The Balaban J connectivity index is 1.41. The van der Waals surface area contributed by atoms with Crippen molar-refractivity contribution in [3.63, 3.8) is 0 Å². The van der Waals surface area contributed by atoms with Crippen molar-refractivity contribution in [2.24, 2.45) is 0 Å². The number of benzene rings is 1. The molecule has 196 valence electrons. The summed E-state index contributed by atoms with van der Waals surface area (Å²) in [7, 11) is 1.39. The highest BCUT2D eigenvalue weighted by Crippen LogP contribution is 2.26. The first-order valence-corrected chi connectivity index (χ1v) is 13.6. The summed E-state index contributed by atoms with van der Waals surface area (Å²) in [5, 5.41) is 6.16. The molecule has 1 aromatic carbocycles. The van der Waals surface area contributed by atoms with Crippen LogP contribution in [-0.4, -0.2) is 62.6 Å². The van der Waals surface area contributed by atoms with Gasteiger partial charge < -0.3 is 20.3 Å². The average Bonchev–Trinajstić information content (AvgIpc) is 2.89. The second-order valence-corrected chi connectivity index (χ2v) is 11.2. The van der Waals surface area contributed by atoms with Crippen LogP contribution in [0.25, 0.3) is 0 Å². The van der Waals surface area contributed by atoms with E-state index in [4.69, 9.17) is 4.74 Å². The van der Waals surface area contributed by atoms with Crippen LogP contribution in [0.2, 0.25) is 0 Å². The van der Waals surface area contributed by atoms with Gasteiger partial charge >= 0.3 is 0 Å². The maximum atomic E-state index is 13.3. The lowest BCUT2D eigenvalue weighted by atomic mass is 9.91. The van der Waals surface area contributed by atoms with Crippen LogP contribution in [0.15, 0.2) is 58.6 Å². The molecule has 0 radical (unpaired) electrons. The molecule has 0 unspecified atom stereocenters. The first-order chi connectivity index (χ1) is 17.7. The van der Waals surface area contributed by atoms with Crippen molar-refractivity contribution in [3.05, 3.63) is 59.9 Å². The molecule has 2 aromatic heterocycles. The van der Waals surface area contributed by atoms with Crippen LogP contribution in [0.5, 0.6) is 5.75 Å². The zero-order valence-corrected chi connectivity index (χ0v) is 22.2. The fourth-order valence-corrected chi connectivity index (χ4v) is 5.69. The van der Waals surface area contributed by atoms with E-state index in [1.807, 2.05) is 32.0 Å². The number of pyridine rings is 1. The molecule has 0 saturated heterocycles. The maximum Gasteiger partial charge on any atom is 0.254 e. The van der Waals surface area contributed by atoms with Gasteiger partial charge in [-0.3, -0.25) is 4.79 Å². The molecule has 1 fully saturated rings. The minimum Gasteiger partial charge on any atom is -0.497 e. The molecule has 2 heterocycles. The number of hydrogen-bond donors (Lipinski definition) is 2. The largest absolute Gasteiger partial charge is 0.497 e. The number of ether oxygens (including phenoxy) is 1.